The molecule has 0 aromatic carbocycles. The maximum absolute atomic E-state index is 12.5. The number of halogens is 3. The molecule has 34 heavy (non-hydrogen) atoms. The third-order valence-electron chi connectivity index (χ3n) is 5.62. The summed E-state index contributed by atoms with van der Waals surface area (Å²) in [5.74, 6) is 1.61. The fourth-order valence-electron chi connectivity index (χ4n) is 3.85. The van der Waals surface area contributed by atoms with Crippen LogP contribution in [-0.2, 0) is 17.7 Å². The smallest absolute Gasteiger partial charge is 0.370 e. The second-order valence-corrected chi connectivity index (χ2v) is 7.90. The van der Waals surface area contributed by atoms with E-state index in [9.17, 15) is 13.2 Å². The second-order valence-electron chi connectivity index (χ2n) is 7.90. The van der Waals surface area contributed by atoms with Gasteiger partial charge in [0.05, 0.1) is 18.8 Å². The summed E-state index contributed by atoms with van der Waals surface area (Å²) in [5.41, 5.74) is 2.01. The van der Waals surface area contributed by atoms with Gasteiger partial charge < -0.3 is 19.9 Å². The molecular weight excluding hydrogens is 451 g/mol. The molecule has 0 bridgehead atoms. The number of likely N-dealkylation sites (N-methyl/N-ethyl adjacent to an activating group) is 1. The van der Waals surface area contributed by atoms with E-state index >= 15 is 0 Å². The first-order valence-electron chi connectivity index (χ1n) is 11.3. The maximum atomic E-state index is 12.5. The Hall–Kier alpha value is -3.06. The van der Waals surface area contributed by atoms with Crippen molar-refractivity contribution in [2.75, 3.05) is 56.2 Å². The average Bonchev–Trinajstić information content (AvgIpc) is 3.20. The molecule has 0 unspecified atom stereocenters. The van der Waals surface area contributed by atoms with Crippen LogP contribution in [0.1, 0.15) is 19.5 Å². The summed E-state index contributed by atoms with van der Waals surface area (Å²) < 4.78 is 43.8. The molecule has 0 atom stereocenters. The summed E-state index contributed by atoms with van der Waals surface area (Å²) in [4.78, 5) is 22.3. The first-order valence-corrected chi connectivity index (χ1v) is 11.3. The summed E-state index contributed by atoms with van der Waals surface area (Å²) >= 11 is 0. The summed E-state index contributed by atoms with van der Waals surface area (Å²) in [7, 11) is 0. The lowest BCUT2D eigenvalue weighted by molar-refractivity contribution is -0.174. The van der Waals surface area contributed by atoms with Gasteiger partial charge in [0.1, 0.15) is 29.8 Å². The average molecular weight is 480 g/mol. The molecule has 0 amide bonds. The van der Waals surface area contributed by atoms with Crippen LogP contribution in [0.15, 0.2) is 18.6 Å². The standard InChI is InChI=1S/C21H28F3N9O/c1-3-15-17-18(33(30-15)11-12-34-13-21(22,23)24)19(27-16-5-6-25-14-26-16)29-20(28-17)32-9-7-31(4-2)8-10-32/h5-6,14H,3-4,7-13H2,1-2H3,(H,25,26,27,28,29). The number of nitrogens with zero attached hydrogens (tertiary/aromatic N) is 8. The van der Waals surface area contributed by atoms with Crippen molar-refractivity contribution in [3.8, 4) is 0 Å². The Kier molecular flexibility index (Phi) is 7.41. The molecule has 1 N–H and O–H groups in total. The predicted octanol–water partition coefficient (Wildman–Crippen LogP) is 2.64. The normalized spacial score (nSPS) is 15.3. The fraction of sp³-hybridized carbons (Fsp3) is 0.571. The lowest BCUT2D eigenvalue weighted by atomic mass is 10.2. The van der Waals surface area contributed by atoms with Crippen LogP contribution >= 0.6 is 0 Å². The van der Waals surface area contributed by atoms with E-state index in [2.05, 4.69) is 37.1 Å². The van der Waals surface area contributed by atoms with Crippen molar-refractivity contribution in [3.63, 3.8) is 0 Å². The minimum atomic E-state index is -4.37. The predicted molar refractivity (Wildman–Crippen MR) is 121 cm³/mol. The van der Waals surface area contributed by atoms with Crippen molar-refractivity contribution < 1.29 is 17.9 Å². The Morgan fingerprint density at radius 3 is 2.56 bits per heavy atom. The van der Waals surface area contributed by atoms with Crippen LogP contribution in [0.25, 0.3) is 11.0 Å². The number of hydrogen-bond donors (Lipinski definition) is 1. The molecule has 13 heteroatoms. The fourth-order valence-corrected chi connectivity index (χ4v) is 3.85. The van der Waals surface area contributed by atoms with Crippen LogP contribution in [0.4, 0.5) is 30.8 Å². The van der Waals surface area contributed by atoms with E-state index < -0.39 is 12.8 Å². The first kappa shape index (κ1) is 24.1. The van der Waals surface area contributed by atoms with Crippen LogP contribution < -0.4 is 10.2 Å². The molecule has 0 spiro atoms. The summed E-state index contributed by atoms with van der Waals surface area (Å²) in [6.45, 7) is 7.22. The zero-order valence-electron chi connectivity index (χ0n) is 19.2. The summed E-state index contributed by atoms with van der Waals surface area (Å²) in [6, 6.07) is 1.71. The number of aryl methyl sites for hydroxylation is 1. The summed E-state index contributed by atoms with van der Waals surface area (Å²) in [5, 5.41) is 7.83. The van der Waals surface area contributed by atoms with Gasteiger partial charge in [-0.05, 0) is 19.0 Å². The van der Waals surface area contributed by atoms with E-state index in [0.29, 0.717) is 35.0 Å². The number of hydrogen-bond acceptors (Lipinski definition) is 9. The van der Waals surface area contributed by atoms with Crippen LogP contribution in [0.3, 0.4) is 0 Å². The van der Waals surface area contributed by atoms with Crippen LogP contribution in [0.2, 0.25) is 0 Å². The SMILES string of the molecule is CCc1nn(CCOCC(F)(F)F)c2c(Nc3ccncn3)nc(N3CCN(CC)CC3)nc12. The maximum Gasteiger partial charge on any atom is 0.411 e. The van der Waals surface area contributed by atoms with Crippen molar-refractivity contribution in [2.45, 2.75) is 33.0 Å². The number of piperazine rings is 1. The molecule has 0 saturated carbocycles. The first-order chi connectivity index (χ1) is 16.4. The van der Waals surface area contributed by atoms with Gasteiger partial charge in [0.2, 0.25) is 5.95 Å². The minimum Gasteiger partial charge on any atom is -0.370 e. The van der Waals surface area contributed by atoms with E-state index in [1.807, 2.05) is 6.92 Å². The third kappa shape index (κ3) is 5.70. The van der Waals surface area contributed by atoms with Crippen LogP contribution in [0, 0.1) is 0 Å². The number of fused-ring (bicyclic) bond motifs is 1. The van der Waals surface area contributed by atoms with Gasteiger partial charge in [-0.25, -0.2) is 15.0 Å². The van der Waals surface area contributed by atoms with Gasteiger partial charge in [-0.3, -0.25) is 4.68 Å². The quantitative estimate of drug-likeness (QED) is 0.465. The number of alkyl halides is 3. The van der Waals surface area contributed by atoms with Gasteiger partial charge >= 0.3 is 6.18 Å². The topological polar surface area (TPSA) is 97.1 Å². The Morgan fingerprint density at radius 1 is 1.12 bits per heavy atom. The van der Waals surface area contributed by atoms with E-state index in [-0.39, 0.29) is 13.2 Å². The van der Waals surface area contributed by atoms with E-state index in [1.54, 1.807) is 16.9 Å². The van der Waals surface area contributed by atoms with E-state index in [1.165, 1.54) is 6.33 Å². The summed E-state index contributed by atoms with van der Waals surface area (Å²) in [6.07, 6.45) is -0.732. The highest BCUT2D eigenvalue weighted by Gasteiger charge is 2.28. The van der Waals surface area contributed by atoms with Crippen molar-refractivity contribution in [1.29, 1.82) is 0 Å². The zero-order valence-corrected chi connectivity index (χ0v) is 19.2. The highest BCUT2D eigenvalue weighted by molar-refractivity contribution is 5.90. The van der Waals surface area contributed by atoms with Crippen molar-refractivity contribution in [1.82, 2.24) is 34.6 Å². The number of aromatic nitrogens is 6. The molecule has 1 aliphatic heterocycles. The monoisotopic (exact) mass is 479 g/mol. The number of nitrogens with one attached hydrogen (secondary N) is 1. The molecule has 10 nitrogen and oxygen atoms in total. The minimum absolute atomic E-state index is 0.128. The molecule has 3 aromatic rings. The third-order valence-corrected chi connectivity index (χ3v) is 5.62. The highest BCUT2D eigenvalue weighted by Crippen LogP contribution is 2.29. The van der Waals surface area contributed by atoms with Gasteiger partial charge in [0.15, 0.2) is 5.82 Å². The molecular formula is C21H28F3N9O. The molecule has 1 saturated heterocycles. The van der Waals surface area contributed by atoms with Crippen LogP contribution in [0.5, 0.6) is 0 Å². The Bertz CT molecular complexity index is 1080. The van der Waals surface area contributed by atoms with Crippen LogP contribution in [-0.4, -0.2) is 86.7 Å². The van der Waals surface area contributed by atoms with Crippen molar-refractivity contribution in [3.05, 3.63) is 24.3 Å². The van der Waals surface area contributed by atoms with Gasteiger partial charge in [-0.15, -0.1) is 0 Å². The van der Waals surface area contributed by atoms with Gasteiger partial charge in [-0.1, -0.05) is 13.8 Å². The molecule has 1 fully saturated rings. The Morgan fingerprint density at radius 2 is 1.91 bits per heavy atom. The van der Waals surface area contributed by atoms with Crippen molar-refractivity contribution >= 4 is 28.6 Å². The zero-order chi connectivity index (χ0) is 24.1. The molecule has 4 rings (SSSR count). The van der Waals surface area contributed by atoms with Gasteiger partial charge in [-0.2, -0.15) is 23.3 Å². The molecule has 1 aliphatic rings. The molecule has 4 heterocycles. The van der Waals surface area contributed by atoms with Gasteiger partial charge in [0, 0.05) is 32.4 Å². The van der Waals surface area contributed by atoms with E-state index in [0.717, 1.165) is 38.4 Å². The number of rotatable bonds is 9. The van der Waals surface area contributed by atoms with Crippen molar-refractivity contribution in [2.24, 2.45) is 0 Å². The molecule has 184 valence electrons. The highest BCUT2D eigenvalue weighted by atomic mass is 19.4. The Labute approximate surface area is 195 Å². The second kappa shape index (κ2) is 10.5. The number of ether oxygens (including phenoxy) is 1. The molecule has 3 aromatic heterocycles. The van der Waals surface area contributed by atoms with Gasteiger partial charge in [0.25, 0.3) is 0 Å². The number of anilines is 3. The lowest BCUT2D eigenvalue weighted by Gasteiger charge is -2.34. The molecule has 0 aliphatic carbocycles. The van der Waals surface area contributed by atoms with E-state index in [4.69, 9.17) is 14.7 Å². The molecule has 0 radical (unpaired) electrons. The lowest BCUT2D eigenvalue weighted by Crippen LogP contribution is -2.46. The Balaban J connectivity index is 1.69. The largest absolute Gasteiger partial charge is 0.411 e.